The van der Waals surface area contributed by atoms with Crippen LogP contribution in [0.1, 0.15) is 26.5 Å². The van der Waals surface area contributed by atoms with Gasteiger partial charge in [0, 0.05) is 28.6 Å². The first-order valence-corrected chi connectivity index (χ1v) is 8.65. The molecule has 0 bridgehead atoms. The van der Waals surface area contributed by atoms with Crippen molar-refractivity contribution in [2.45, 2.75) is 42.8 Å². The molecule has 3 rings (SSSR count). The van der Waals surface area contributed by atoms with Gasteiger partial charge in [0.05, 0.1) is 5.69 Å². The zero-order valence-electron chi connectivity index (χ0n) is 12.5. The van der Waals surface area contributed by atoms with Crippen molar-refractivity contribution in [3.8, 4) is 0 Å². The van der Waals surface area contributed by atoms with Gasteiger partial charge in [-0.25, -0.2) is 4.98 Å². The lowest BCUT2D eigenvalue weighted by molar-refractivity contribution is 0.418. The summed E-state index contributed by atoms with van der Waals surface area (Å²) in [6.07, 6.45) is 2.10. The third kappa shape index (κ3) is 3.48. The number of aromatic nitrogens is 2. The molecule has 0 saturated heterocycles. The normalized spacial score (nSPS) is 12.1. The number of fused-ring (bicyclic) bond motifs is 1. The highest BCUT2D eigenvalue weighted by atomic mass is 32.2. The molecule has 0 aliphatic heterocycles. The van der Waals surface area contributed by atoms with Crippen LogP contribution in [-0.4, -0.2) is 14.9 Å². The maximum Gasteiger partial charge on any atom is 0.194 e. The molecule has 0 aliphatic carbocycles. The summed E-state index contributed by atoms with van der Waals surface area (Å²) >= 11 is 3.41. The van der Waals surface area contributed by atoms with E-state index in [1.54, 1.807) is 23.1 Å². The first-order valence-electron chi connectivity index (χ1n) is 6.95. The standard InChI is InChI=1S/C16H19N3S2/c1-16(2,3)17-11-13-14(18-15-19(13)9-10-20-15)21-12-7-5-4-6-8-12/h4-10,17H,11H2,1-3H3. The molecule has 0 radical (unpaired) electrons. The molecule has 3 aromatic rings. The Hall–Kier alpha value is -1.30. The number of hydrogen-bond acceptors (Lipinski definition) is 4. The molecule has 110 valence electrons. The molecule has 0 unspecified atom stereocenters. The molecule has 5 heteroatoms. The van der Waals surface area contributed by atoms with E-state index in [4.69, 9.17) is 4.98 Å². The molecule has 1 N–H and O–H groups in total. The summed E-state index contributed by atoms with van der Waals surface area (Å²) in [7, 11) is 0. The van der Waals surface area contributed by atoms with Crippen LogP contribution in [0, 0.1) is 0 Å². The zero-order chi connectivity index (χ0) is 14.9. The molecule has 0 amide bonds. The van der Waals surface area contributed by atoms with E-state index in [2.05, 4.69) is 66.3 Å². The number of thiazole rings is 1. The summed E-state index contributed by atoms with van der Waals surface area (Å²) < 4.78 is 2.19. The second-order valence-corrected chi connectivity index (χ2v) is 7.87. The summed E-state index contributed by atoms with van der Waals surface area (Å²) in [5, 5.41) is 6.73. The fourth-order valence-corrected chi connectivity index (χ4v) is 3.73. The van der Waals surface area contributed by atoms with E-state index in [0.29, 0.717) is 0 Å². The molecule has 0 fully saturated rings. The number of hydrogen-bond donors (Lipinski definition) is 1. The topological polar surface area (TPSA) is 29.3 Å². The molecular formula is C16H19N3S2. The molecule has 0 spiro atoms. The Morgan fingerprint density at radius 3 is 2.71 bits per heavy atom. The van der Waals surface area contributed by atoms with E-state index in [0.717, 1.165) is 16.5 Å². The van der Waals surface area contributed by atoms with Crippen LogP contribution < -0.4 is 5.32 Å². The molecule has 2 aromatic heterocycles. The smallest absolute Gasteiger partial charge is 0.194 e. The van der Waals surface area contributed by atoms with Gasteiger partial charge >= 0.3 is 0 Å². The van der Waals surface area contributed by atoms with Gasteiger partial charge in [-0.05, 0) is 32.9 Å². The van der Waals surface area contributed by atoms with Crippen molar-refractivity contribution in [3.05, 3.63) is 47.6 Å². The van der Waals surface area contributed by atoms with Crippen LogP contribution in [0.3, 0.4) is 0 Å². The van der Waals surface area contributed by atoms with Crippen molar-refractivity contribution in [2.75, 3.05) is 0 Å². The third-order valence-corrected chi connectivity index (χ3v) is 4.85. The number of rotatable bonds is 4. The van der Waals surface area contributed by atoms with Crippen LogP contribution in [0.25, 0.3) is 4.96 Å². The Labute approximate surface area is 133 Å². The first kappa shape index (κ1) is 14.6. The average molecular weight is 317 g/mol. The van der Waals surface area contributed by atoms with E-state index in [1.807, 2.05) is 6.07 Å². The van der Waals surface area contributed by atoms with E-state index >= 15 is 0 Å². The average Bonchev–Trinajstić information content (AvgIpc) is 2.98. The van der Waals surface area contributed by atoms with Gasteiger partial charge in [0.15, 0.2) is 4.96 Å². The van der Waals surface area contributed by atoms with E-state index in [-0.39, 0.29) is 5.54 Å². The Kier molecular flexibility index (Phi) is 4.06. The lowest BCUT2D eigenvalue weighted by atomic mass is 10.1. The van der Waals surface area contributed by atoms with Crippen LogP contribution in [0.4, 0.5) is 0 Å². The van der Waals surface area contributed by atoms with Crippen LogP contribution in [0.2, 0.25) is 0 Å². The van der Waals surface area contributed by atoms with Crippen molar-refractivity contribution >= 4 is 28.1 Å². The minimum Gasteiger partial charge on any atom is -0.306 e. The van der Waals surface area contributed by atoms with Crippen molar-refractivity contribution in [2.24, 2.45) is 0 Å². The third-order valence-electron chi connectivity index (χ3n) is 3.07. The highest BCUT2D eigenvalue weighted by molar-refractivity contribution is 7.99. The summed E-state index contributed by atoms with van der Waals surface area (Å²) in [6, 6.07) is 10.4. The lowest BCUT2D eigenvalue weighted by Crippen LogP contribution is -2.35. The predicted octanol–water partition coefficient (Wildman–Crippen LogP) is 4.44. The van der Waals surface area contributed by atoms with Gasteiger partial charge in [-0.3, -0.25) is 4.40 Å². The van der Waals surface area contributed by atoms with Gasteiger partial charge in [0.25, 0.3) is 0 Å². The minimum atomic E-state index is 0.0921. The monoisotopic (exact) mass is 317 g/mol. The molecular weight excluding hydrogens is 298 g/mol. The van der Waals surface area contributed by atoms with Crippen molar-refractivity contribution in [3.63, 3.8) is 0 Å². The van der Waals surface area contributed by atoms with Crippen LogP contribution >= 0.6 is 23.1 Å². The Bertz CT molecular complexity index is 723. The number of benzene rings is 1. The summed E-state index contributed by atoms with van der Waals surface area (Å²) in [5.41, 5.74) is 1.32. The van der Waals surface area contributed by atoms with Crippen LogP contribution in [0.15, 0.2) is 51.8 Å². The molecule has 0 aliphatic rings. The minimum absolute atomic E-state index is 0.0921. The molecule has 1 aromatic carbocycles. The van der Waals surface area contributed by atoms with Crippen LogP contribution in [0.5, 0.6) is 0 Å². The Balaban J connectivity index is 1.92. The Morgan fingerprint density at radius 1 is 1.24 bits per heavy atom. The molecule has 2 heterocycles. The molecule has 0 saturated carbocycles. The molecule has 3 nitrogen and oxygen atoms in total. The zero-order valence-corrected chi connectivity index (χ0v) is 14.1. The van der Waals surface area contributed by atoms with Gasteiger partial charge in [0.1, 0.15) is 5.03 Å². The molecule has 0 atom stereocenters. The van der Waals surface area contributed by atoms with E-state index in [9.17, 15) is 0 Å². The van der Waals surface area contributed by atoms with Crippen molar-refractivity contribution in [1.29, 1.82) is 0 Å². The van der Waals surface area contributed by atoms with Crippen molar-refractivity contribution in [1.82, 2.24) is 14.7 Å². The fourth-order valence-electron chi connectivity index (χ4n) is 2.00. The van der Waals surface area contributed by atoms with E-state index < -0.39 is 0 Å². The summed E-state index contributed by atoms with van der Waals surface area (Å²) in [5.74, 6) is 0. The lowest BCUT2D eigenvalue weighted by Gasteiger charge is -2.20. The van der Waals surface area contributed by atoms with Gasteiger partial charge in [0.2, 0.25) is 0 Å². The van der Waals surface area contributed by atoms with Crippen molar-refractivity contribution < 1.29 is 0 Å². The predicted molar refractivity (Wildman–Crippen MR) is 90.2 cm³/mol. The quantitative estimate of drug-likeness (QED) is 0.771. The summed E-state index contributed by atoms with van der Waals surface area (Å²) in [6.45, 7) is 7.37. The molecule has 21 heavy (non-hydrogen) atoms. The highest BCUT2D eigenvalue weighted by Crippen LogP contribution is 2.31. The number of nitrogens with one attached hydrogen (secondary N) is 1. The fraction of sp³-hybridized carbons (Fsp3) is 0.312. The SMILES string of the molecule is CC(C)(C)NCc1c(Sc2ccccc2)nc2sccn12. The largest absolute Gasteiger partial charge is 0.306 e. The Morgan fingerprint density at radius 2 is 2.00 bits per heavy atom. The number of imidazole rings is 1. The van der Waals surface area contributed by atoms with Gasteiger partial charge < -0.3 is 5.32 Å². The highest BCUT2D eigenvalue weighted by Gasteiger charge is 2.17. The van der Waals surface area contributed by atoms with E-state index in [1.165, 1.54) is 10.6 Å². The van der Waals surface area contributed by atoms with Gasteiger partial charge in [-0.15, -0.1) is 11.3 Å². The maximum absolute atomic E-state index is 4.77. The maximum atomic E-state index is 4.77. The second-order valence-electron chi connectivity index (χ2n) is 5.94. The van der Waals surface area contributed by atoms with Gasteiger partial charge in [-0.1, -0.05) is 30.0 Å². The summed E-state index contributed by atoms with van der Waals surface area (Å²) in [4.78, 5) is 7.05. The number of nitrogens with zero attached hydrogens (tertiary/aromatic N) is 2. The van der Waals surface area contributed by atoms with Crippen LogP contribution in [-0.2, 0) is 6.54 Å². The van der Waals surface area contributed by atoms with Gasteiger partial charge in [-0.2, -0.15) is 0 Å². The second kappa shape index (κ2) is 5.83. The first-order chi connectivity index (χ1) is 10.0.